The van der Waals surface area contributed by atoms with Crippen molar-refractivity contribution in [1.29, 1.82) is 0 Å². The number of hydrogen-bond donors (Lipinski definition) is 0. The zero-order valence-electron chi connectivity index (χ0n) is 27.5. The quantitative estimate of drug-likeness (QED) is 0.176. The van der Waals surface area contributed by atoms with Gasteiger partial charge in [0.15, 0.2) is 0 Å². The van der Waals surface area contributed by atoms with Crippen molar-refractivity contribution in [2.24, 2.45) is 0 Å². The summed E-state index contributed by atoms with van der Waals surface area (Å²) in [6, 6.07) is 46.4. The molecule has 0 nitrogen and oxygen atoms in total. The van der Waals surface area contributed by atoms with Gasteiger partial charge in [0.05, 0.1) is 0 Å². The van der Waals surface area contributed by atoms with Crippen LogP contribution >= 0.6 is 0 Å². The minimum absolute atomic E-state index is 0.0468. The van der Waals surface area contributed by atoms with Gasteiger partial charge in [-0.3, -0.25) is 0 Å². The lowest BCUT2D eigenvalue weighted by molar-refractivity contribution is 0.660. The molecular weight excluding hydrogens is 553 g/mol. The van der Waals surface area contributed by atoms with E-state index in [0.29, 0.717) is 0 Å². The molecule has 0 aromatic heterocycles. The topological polar surface area (TPSA) is 0 Å². The van der Waals surface area contributed by atoms with Gasteiger partial charge >= 0.3 is 0 Å². The van der Waals surface area contributed by atoms with Crippen molar-refractivity contribution in [2.45, 2.75) is 52.4 Å². The van der Waals surface area contributed by atoms with Crippen LogP contribution in [-0.2, 0) is 10.8 Å². The minimum Gasteiger partial charge on any atom is -0.0619 e. The van der Waals surface area contributed by atoms with Crippen LogP contribution in [0.5, 0.6) is 0 Å². The molecular formula is C46H38. The maximum Gasteiger partial charge on any atom is 0.0159 e. The minimum atomic E-state index is -0.0468. The fraction of sp³-hybridized carbons (Fsp3) is 0.174. The van der Waals surface area contributed by atoms with Crippen molar-refractivity contribution >= 4 is 21.5 Å². The summed E-state index contributed by atoms with van der Waals surface area (Å²) in [6.45, 7) is 14.0. The summed E-state index contributed by atoms with van der Waals surface area (Å²) in [5.74, 6) is 0. The molecule has 0 fully saturated rings. The fourth-order valence-electron chi connectivity index (χ4n) is 8.80. The number of benzene rings is 7. The van der Waals surface area contributed by atoms with E-state index in [4.69, 9.17) is 0 Å². The maximum atomic E-state index is 2.49. The summed E-state index contributed by atoms with van der Waals surface area (Å²) < 4.78 is 0. The Labute approximate surface area is 272 Å². The molecule has 2 aliphatic carbocycles. The molecule has 7 aromatic rings. The molecule has 0 heteroatoms. The van der Waals surface area contributed by atoms with Gasteiger partial charge in [0.25, 0.3) is 0 Å². The predicted octanol–water partition coefficient (Wildman–Crippen LogP) is 12.6. The summed E-state index contributed by atoms with van der Waals surface area (Å²) in [4.78, 5) is 0. The predicted molar refractivity (Wildman–Crippen MR) is 197 cm³/mol. The smallest absolute Gasteiger partial charge is 0.0159 e. The lowest BCUT2D eigenvalue weighted by Crippen LogP contribution is -2.15. The second-order valence-corrected chi connectivity index (χ2v) is 14.7. The van der Waals surface area contributed by atoms with Gasteiger partial charge in [0.1, 0.15) is 0 Å². The summed E-state index contributed by atoms with van der Waals surface area (Å²) in [5.41, 5.74) is 18.9. The van der Waals surface area contributed by atoms with Crippen LogP contribution < -0.4 is 0 Å². The Balaban J connectivity index is 1.34. The standard InChI is InChI=1S/C46H38/c1-27-15-19-35-37(23-27)43(29-17-21-33-31-11-7-9-13-39(31)45(3,4)41(33)25-29)36-20-16-28(2)24-38(36)44(35)30-18-22-34-32-12-8-10-14-40(32)46(5,6)42(34)26-30/h7-26H,1-6H3. The van der Waals surface area contributed by atoms with Crippen LogP contribution in [0.15, 0.2) is 121 Å². The van der Waals surface area contributed by atoms with Gasteiger partial charge < -0.3 is 0 Å². The van der Waals surface area contributed by atoms with Gasteiger partial charge in [0.2, 0.25) is 0 Å². The molecule has 7 aromatic carbocycles. The Morgan fingerprint density at radius 1 is 0.348 bits per heavy atom. The molecule has 0 saturated heterocycles. The highest BCUT2D eigenvalue weighted by Crippen LogP contribution is 2.53. The lowest BCUT2D eigenvalue weighted by Gasteiger charge is -2.24. The van der Waals surface area contributed by atoms with Gasteiger partial charge in [-0.15, -0.1) is 0 Å². The van der Waals surface area contributed by atoms with E-state index in [0.717, 1.165) is 0 Å². The number of fused-ring (bicyclic) bond motifs is 8. The Hall–Kier alpha value is -4.94. The van der Waals surface area contributed by atoms with Gasteiger partial charge in [0, 0.05) is 10.8 Å². The molecule has 0 spiro atoms. The van der Waals surface area contributed by atoms with Crippen LogP contribution in [0.2, 0.25) is 0 Å². The monoisotopic (exact) mass is 590 g/mol. The van der Waals surface area contributed by atoms with E-state index < -0.39 is 0 Å². The number of hydrogen-bond acceptors (Lipinski definition) is 0. The first-order valence-electron chi connectivity index (χ1n) is 16.6. The second-order valence-electron chi connectivity index (χ2n) is 14.7. The van der Waals surface area contributed by atoms with Crippen molar-refractivity contribution in [2.75, 3.05) is 0 Å². The SMILES string of the molecule is Cc1ccc2c(-c3ccc4c(c3)C(C)(C)c3ccccc3-4)c3cc(C)ccc3c(-c3ccc4c(c3)C(C)(C)c3ccccc3-4)c2c1. The third-order valence-electron chi connectivity index (χ3n) is 11.2. The van der Waals surface area contributed by atoms with Gasteiger partial charge in [-0.25, -0.2) is 0 Å². The van der Waals surface area contributed by atoms with Crippen molar-refractivity contribution in [3.05, 3.63) is 155 Å². The normalized spacial score (nSPS) is 15.1. The van der Waals surface area contributed by atoms with Gasteiger partial charge in [-0.2, -0.15) is 0 Å². The van der Waals surface area contributed by atoms with E-state index in [2.05, 4.69) is 163 Å². The average molecular weight is 591 g/mol. The van der Waals surface area contributed by atoms with Crippen LogP contribution in [0.25, 0.3) is 66.1 Å². The second kappa shape index (κ2) is 9.30. The van der Waals surface area contributed by atoms with Crippen LogP contribution in [0.3, 0.4) is 0 Å². The Bertz CT molecular complexity index is 2260. The van der Waals surface area contributed by atoms with Crippen molar-refractivity contribution in [1.82, 2.24) is 0 Å². The molecule has 46 heavy (non-hydrogen) atoms. The van der Waals surface area contributed by atoms with E-state index in [1.165, 1.54) is 99.4 Å². The molecule has 222 valence electrons. The third-order valence-corrected chi connectivity index (χ3v) is 11.2. The van der Waals surface area contributed by atoms with Crippen LogP contribution in [0.1, 0.15) is 61.1 Å². The molecule has 0 amide bonds. The first-order valence-corrected chi connectivity index (χ1v) is 16.6. The van der Waals surface area contributed by atoms with E-state index >= 15 is 0 Å². The largest absolute Gasteiger partial charge is 0.0619 e. The highest BCUT2D eigenvalue weighted by Gasteiger charge is 2.37. The zero-order valence-corrected chi connectivity index (χ0v) is 27.5. The lowest BCUT2D eigenvalue weighted by atomic mass is 9.79. The van der Waals surface area contributed by atoms with Crippen LogP contribution in [0.4, 0.5) is 0 Å². The summed E-state index contributed by atoms with van der Waals surface area (Å²) in [7, 11) is 0. The molecule has 0 aliphatic heterocycles. The molecule has 0 atom stereocenters. The molecule has 0 bridgehead atoms. The van der Waals surface area contributed by atoms with Crippen molar-refractivity contribution in [3.8, 4) is 44.5 Å². The van der Waals surface area contributed by atoms with Crippen LogP contribution in [0, 0.1) is 13.8 Å². The van der Waals surface area contributed by atoms with Crippen molar-refractivity contribution < 1.29 is 0 Å². The molecule has 2 aliphatic rings. The molecule has 0 unspecified atom stereocenters. The van der Waals surface area contributed by atoms with Crippen molar-refractivity contribution in [3.63, 3.8) is 0 Å². The fourth-order valence-corrected chi connectivity index (χ4v) is 8.80. The Morgan fingerprint density at radius 2 is 0.739 bits per heavy atom. The highest BCUT2D eigenvalue weighted by atomic mass is 14.4. The van der Waals surface area contributed by atoms with Crippen LogP contribution in [-0.4, -0.2) is 0 Å². The number of aryl methyl sites for hydroxylation is 2. The molecule has 9 rings (SSSR count). The highest BCUT2D eigenvalue weighted by molar-refractivity contribution is 6.22. The summed E-state index contributed by atoms with van der Waals surface area (Å²) in [5, 5.41) is 5.27. The average Bonchev–Trinajstić information content (AvgIpc) is 3.43. The molecule has 0 heterocycles. The molecule has 0 N–H and O–H groups in total. The van der Waals surface area contributed by atoms with E-state index in [-0.39, 0.29) is 10.8 Å². The number of rotatable bonds is 2. The Kier molecular flexibility index (Phi) is 5.54. The van der Waals surface area contributed by atoms with Gasteiger partial charge in [-0.05, 0) is 114 Å². The third kappa shape index (κ3) is 3.62. The first kappa shape index (κ1) is 27.4. The Morgan fingerprint density at radius 3 is 1.17 bits per heavy atom. The summed E-state index contributed by atoms with van der Waals surface area (Å²) >= 11 is 0. The zero-order chi connectivity index (χ0) is 31.5. The molecule has 0 radical (unpaired) electrons. The molecule has 0 saturated carbocycles. The summed E-state index contributed by atoms with van der Waals surface area (Å²) in [6.07, 6.45) is 0. The maximum absolute atomic E-state index is 2.49. The van der Waals surface area contributed by atoms with E-state index in [9.17, 15) is 0 Å². The first-order chi connectivity index (χ1) is 22.1. The van der Waals surface area contributed by atoms with Gasteiger partial charge in [-0.1, -0.05) is 148 Å². The van der Waals surface area contributed by atoms with E-state index in [1.54, 1.807) is 0 Å². The van der Waals surface area contributed by atoms with E-state index in [1.807, 2.05) is 0 Å².